The maximum absolute atomic E-state index is 9.54. The molecule has 1 aromatic carbocycles. The minimum atomic E-state index is 0.369. The molecule has 1 heterocycles. The van der Waals surface area contributed by atoms with Gasteiger partial charge in [-0.2, -0.15) is 0 Å². The molecule has 0 aliphatic heterocycles. The molecule has 0 spiro atoms. The van der Waals surface area contributed by atoms with Crippen LogP contribution in [0.2, 0.25) is 0 Å². The third kappa shape index (κ3) is 2.70. The van der Waals surface area contributed by atoms with Crippen molar-refractivity contribution in [3.8, 4) is 5.75 Å². The summed E-state index contributed by atoms with van der Waals surface area (Å²) in [5.41, 5.74) is 0.963. The predicted octanol–water partition coefficient (Wildman–Crippen LogP) is 3.71. The smallest absolute Gasteiger partial charge is 0.119 e. The summed E-state index contributed by atoms with van der Waals surface area (Å²) in [6.07, 6.45) is 4.92. The molecule has 2 aromatic rings. The summed E-state index contributed by atoms with van der Waals surface area (Å²) in [5.74, 6) is 0.369. The number of para-hydroxylation sites is 1. The van der Waals surface area contributed by atoms with E-state index in [1.165, 1.54) is 4.88 Å². The molecule has 76 valence electrons. The maximum Gasteiger partial charge on any atom is 0.119 e. The number of hydrogen-bond acceptors (Lipinski definition) is 2. The topological polar surface area (TPSA) is 20.2 Å². The van der Waals surface area contributed by atoms with E-state index in [0.717, 1.165) is 12.0 Å². The van der Waals surface area contributed by atoms with Crippen molar-refractivity contribution in [3.05, 3.63) is 58.3 Å². The number of hydrogen-bond donors (Lipinski definition) is 1. The van der Waals surface area contributed by atoms with Crippen LogP contribution in [0.4, 0.5) is 0 Å². The highest BCUT2D eigenvalue weighted by atomic mass is 32.1. The van der Waals surface area contributed by atoms with Crippen molar-refractivity contribution in [2.24, 2.45) is 0 Å². The van der Waals surface area contributed by atoms with Gasteiger partial charge < -0.3 is 5.11 Å². The lowest BCUT2D eigenvalue weighted by Gasteiger charge is -1.98. The second-order valence-corrected chi connectivity index (χ2v) is 4.23. The number of aromatic hydroxyl groups is 1. The van der Waals surface area contributed by atoms with Crippen LogP contribution in [-0.2, 0) is 6.42 Å². The van der Waals surface area contributed by atoms with E-state index >= 15 is 0 Å². The number of thiophene rings is 1. The molecule has 2 rings (SSSR count). The Labute approximate surface area is 93.3 Å². The number of rotatable bonds is 3. The lowest BCUT2D eigenvalue weighted by molar-refractivity contribution is 0.470. The van der Waals surface area contributed by atoms with Crippen LogP contribution < -0.4 is 0 Å². The molecule has 0 aliphatic rings. The van der Waals surface area contributed by atoms with Crippen LogP contribution in [0.3, 0.4) is 0 Å². The van der Waals surface area contributed by atoms with Gasteiger partial charge in [0.15, 0.2) is 0 Å². The van der Waals surface area contributed by atoms with Gasteiger partial charge in [-0.05, 0) is 35.6 Å². The van der Waals surface area contributed by atoms with Gasteiger partial charge in [0, 0.05) is 4.88 Å². The van der Waals surface area contributed by atoms with Crippen LogP contribution in [0.15, 0.2) is 47.9 Å². The summed E-state index contributed by atoms with van der Waals surface area (Å²) < 4.78 is 0. The molecule has 0 radical (unpaired) electrons. The van der Waals surface area contributed by atoms with Gasteiger partial charge in [0.05, 0.1) is 0 Å². The van der Waals surface area contributed by atoms with E-state index in [0.29, 0.717) is 5.75 Å². The van der Waals surface area contributed by atoms with Crippen LogP contribution in [-0.4, -0.2) is 5.11 Å². The van der Waals surface area contributed by atoms with Gasteiger partial charge in [0.1, 0.15) is 5.75 Å². The Morgan fingerprint density at radius 1 is 1.13 bits per heavy atom. The highest BCUT2D eigenvalue weighted by molar-refractivity contribution is 7.10. The highest BCUT2D eigenvalue weighted by Crippen LogP contribution is 2.17. The Bertz CT molecular complexity index is 443. The molecule has 1 aromatic heterocycles. The van der Waals surface area contributed by atoms with Crippen molar-refractivity contribution in [3.63, 3.8) is 0 Å². The van der Waals surface area contributed by atoms with E-state index in [2.05, 4.69) is 23.6 Å². The summed E-state index contributed by atoms with van der Waals surface area (Å²) >= 11 is 1.71. The third-order valence-electron chi connectivity index (χ3n) is 2.15. The van der Waals surface area contributed by atoms with Gasteiger partial charge in [0.25, 0.3) is 0 Å². The molecule has 0 atom stereocenters. The van der Waals surface area contributed by atoms with E-state index in [1.807, 2.05) is 24.3 Å². The summed E-state index contributed by atoms with van der Waals surface area (Å²) in [4.78, 5) is 1.24. The van der Waals surface area contributed by atoms with Crippen molar-refractivity contribution < 1.29 is 5.11 Å². The Morgan fingerprint density at radius 3 is 2.73 bits per heavy atom. The van der Waals surface area contributed by atoms with E-state index in [-0.39, 0.29) is 0 Å². The van der Waals surface area contributed by atoms with Gasteiger partial charge in [-0.25, -0.2) is 0 Å². The second kappa shape index (κ2) is 4.80. The number of phenols is 1. The van der Waals surface area contributed by atoms with Crippen molar-refractivity contribution in [1.29, 1.82) is 0 Å². The quantitative estimate of drug-likeness (QED) is 0.829. The molecule has 1 N–H and O–H groups in total. The molecule has 0 saturated carbocycles. The van der Waals surface area contributed by atoms with E-state index in [9.17, 15) is 5.11 Å². The third-order valence-corrected chi connectivity index (χ3v) is 2.99. The summed E-state index contributed by atoms with van der Waals surface area (Å²) in [6, 6.07) is 11.5. The molecule has 0 aliphatic carbocycles. The molecule has 0 unspecified atom stereocenters. The fraction of sp³-hybridized carbons (Fsp3) is 0.0769. The van der Waals surface area contributed by atoms with Crippen LogP contribution in [0.25, 0.3) is 6.08 Å². The van der Waals surface area contributed by atoms with Crippen molar-refractivity contribution in [2.45, 2.75) is 6.42 Å². The fourth-order valence-electron chi connectivity index (χ4n) is 1.37. The van der Waals surface area contributed by atoms with Crippen LogP contribution in [0.1, 0.15) is 10.4 Å². The average molecular weight is 216 g/mol. The first-order valence-corrected chi connectivity index (χ1v) is 5.71. The molecule has 0 saturated heterocycles. The Kier molecular flexibility index (Phi) is 3.20. The molecular weight excluding hydrogens is 204 g/mol. The van der Waals surface area contributed by atoms with Crippen LogP contribution in [0, 0.1) is 0 Å². The molecular formula is C13H12OS. The summed E-state index contributed by atoms with van der Waals surface area (Å²) in [6.45, 7) is 0. The van der Waals surface area contributed by atoms with Crippen LogP contribution in [0.5, 0.6) is 5.75 Å². The second-order valence-electron chi connectivity index (χ2n) is 3.25. The number of benzene rings is 1. The largest absolute Gasteiger partial charge is 0.508 e. The van der Waals surface area contributed by atoms with Gasteiger partial charge in [-0.15, -0.1) is 11.3 Å². The highest BCUT2D eigenvalue weighted by Gasteiger charge is 1.95. The minimum Gasteiger partial charge on any atom is -0.508 e. The van der Waals surface area contributed by atoms with Crippen molar-refractivity contribution >= 4 is 17.4 Å². The summed E-state index contributed by atoms with van der Waals surface area (Å²) in [5, 5.41) is 11.6. The lowest BCUT2D eigenvalue weighted by atomic mass is 10.1. The zero-order valence-electron chi connectivity index (χ0n) is 8.26. The molecule has 0 bridgehead atoms. The normalized spacial score (nSPS) is 10.9. The monoisotopic (exact) mass is 216 g/mol. The maximum atomic E-state index is 9.54. The zero-order chi connectivity index (χ0) is 10.5. The van der Waals surface area contributed by atoms with E-state index in [1.54, 1.807) is 17.4 Å². The summed E-state index contributed by atoms with van der Waals surface area (Å²) in [7, 11) is 0. The predicted molar refractivity (Wildman–Crippen MR) is 65.2 cm³/mol. The molecule has 1 nitrogen and oxygen atoms in total. The van der Waals surface area contributed by atoms with Crippen molar-refractivity contribution in [2.75, 3.05) is 0 Å². The van der Waals surface area contributed by atoms with Gasteiger partial charge >= 0.3 is 0 Å². The zero-order valence-corrected chi connectivity index (χ0v) is 9.08. The Morgan fingerprint density at radius 2 is 2.00 bits per heavy atom. The lowest BCUT2D eigenvalue weighted by Crippen LogP contribution is -1.80. The number of phenolic OH excluding ortho intramolecular Hbond substituents is 1. The first kappa shape index (κ1) is 9.99. The SMILES string of the molecule is Oc1ccccc1C/C=C/c1cccs1. The van der Waals surface area contributed by atoms with Crippen molar-refractivity contribution in [1.82, 2.24) is 0 Å². The first-order valence-electron chi connectivity index (χ1n) is 4.83. The average Bonchev–Trinajstić information content (AvgIpc) is 2.74. The number of allylic oxidation sites excluding steroid dienone is 1. The van der Waals surface area contributed by atoms with Gasteiger partial charge in [-0.3, -0.25) is 0 Å². The van der Waals surface area contributed by atoms with Gasteiger partial charge in [0.2, 0.25) is 0 Å². The van der Waals surface area contributed by atoms with Gasteiger partial charge in [-0.1, -0.05) is 30.3 Å². The molecule has 0 fully saturated rings. The molecule has 15 heavy (non-hydrogen) atoms. The fourth-order valence-corrected chi connectivity index (χ4v) is 2.02. The Balaban J connectivity index is 2.02. The first-order chi connectivity index (χ1) is 7.36. The van der Waals surface area contributed by atoms with Crippen LogP contribution >= 0.6 is 11.3 Å². The standard InChI is InChI=1S/C13H12OS/c14-13-9-2-1-5-11(13)6-3-7-12-8-4-10-15-12/h1-5,7-10,14H,6H2/b7-3+. The molecule has 0 amide bonds. The van der Waals surface area contributed by atoms with E-state index < -0.39 is 0 Å². The Hall–Kier alpha value is -1.54. The van der Waals surface area contributed by atoms with E-state index in [4.69, 9.17) is 0 Å². The molecule has 2 heteroatoms. The minimum absolute atomic E-state index is 0.369.